The molecule has 7 heteroatoms. The fraction of sp³-hybridized carbons (Fsp3) is 0.333. The third-order valence-corrected chi connectivity index (χ3v) is 4.85. The molecule has 28 heavy (non-hydrogen) atoms. The van der Waals surface area contributed by atoms with Crippen molar-refractivity contribution in [3.05, 3.63) is 48.0 Å². The molecule has 0 saturated carbocycles. The Labute approximate surface area is 163 Å². The Hall–Kier alpha value is -3.22. The normalized spacial score (nSPS) is 18.1. The summed E-state index contributed by atoms with van der Waals surface area (Å²) in [6.45, 7) is 1.46. The maximum Gasteiger partial charge on any atom is 0.229 e. The number of carbonyl (C=O) groups excluding carboxylic acids is 2. The highest BCUT2D eigenvalue weighted by molar-refractivity contribution is 5.97. The van der Waals surface area contributed by atoms with E-state index in [1.165, 1.54) is 0 Å². The van der Waals surface area contributed by atoms with Crippen LogP contribution >= 0.6 is 0 Å². The maximum atomic E-state index is 12.5. The molecule has 4 rings (SSSR count). The van der Waals surface area contributed by atoms with Gasteiger partial charge >= 0.3 is 0 Å². The number of amides is 2. The Balaban J connectivity index is 1.37. The lowest BCUT2D eigenvalue weighted by Gasteiger charge is -2.22. The number of methoxy groups -OCH3 is 1. The molecule has 2 aromatic rings. The van der Waals surface area contributed by atoms with Crippen molar-refractivity contribution in [3.8, 4) is 17.2 Å². The molecule has 0 unspecified atom stereocenters. The summed E-state index contributed by atoms with van der Waals surface area (Å²) in [5.41, 5.74) is 1.65. The average molecular weight is 382 g/mol. The predicted molar refractivity (Wildman–Crippen MR) is 103 cm³/mol. The van der Waals surface area contributed by atoms with Gasteiger partial charge in [0.15, 0.2) is 11.5 Å². The smallest absolute Gasteiger partial charge is 0.229 e. The van der Waals surface area contributed by atoms with Crippen LogP contribution in [0.3, 0.4) is 0 Å². The largest absolute Gasteiger partial charge is 0.497 e. The zero-order chi connectivity index (χ0) is 19.5. The first-order valence-electron chi connectivity index (χ1n) is 9.24. The Bertz CT molecular complexity index is 881. The van der Waals surface area contributed by atoms with Crippen molar-refractivity contribution in [2.24, 2.45) is 0 Å². The SMILES string of the molecule is COc1ccc(CC(=O)N[C@@H]2CC(=O)N(c3ccc4c(c3)OCCO4)C2)cc1. The lowest BCUT2D eigenvalue weighted by molar-refractivity contribution is -0.121. The molecule has 0 aromatic heterocycles. The van der Waals surface area contributed by atoms with Crippen LogP contribution in [0.5, 0.6) is 17.2 Å². The number of benzene rings is 2. The second-order valence-corrected chi connectivity index (χ2v) is 6.83. The number of carbonyl (C=O) groups is 2. The van der Waals surface area contributed by atoms with Gasteiger partial charge in [-0.3, -0.25) is 9.59 Å². The minimum Gasteiger partial charge on any atom is -0.497 e. The maximum absolute atomic E-state index is 12.5. The summed E-state index contributed by atoms with van der Waals surface area (Å²) in [5, 5.41) is 2.96. The fourth-order valence-electron chi connectivity index (χ4n) is 3.46. The van der Waals surface area contributed by atoms with Crippen molar-refractivity contribution in [2.45, 2.75) is 18.9 Å². The molecule has 2 aromatic carbocycles. The molecule has 2 heterocycles. The van der Waals surface area contributed by atoms with E-state index in [4.69, 9.17) is 14.2 Å². The molecule has 7 nitrogen and oxygen atoms in total. The molecule has 1 fully saturated rings. The number of hydrogen-bond acceptors (Lipinski definition) is 5. The fourth-order valence-corrected chi connectivity index (χ4v) is 3.46. The Morgan fingerprint density at radius 1 is 1.14 bits per heavy atom. The molecule has 2 amide bonds. The van der Waals surface area contributed by atoms with Gasteiger partial charge in [0, 0.05) is 24.7 Å². The van der Waals surface area contributed by atoms with Crippen LogP contribution in [0.15, 0.2) is 42.5 Å². The monoisotopic (exact) mass is 382 g/mol. The van der Waals surface area contributed by atoms with Crippen LogP contribution in [-0.4, -0.2) is 44.7 Å². The van der Waals surface area contributed by atoms with Gasteiger partial charge in [-0.15, -0.1) is 0 Å². The van der Waals surface area contributed by atoms with E-state index >= 15 is 0 Å². The standard InChI is InChI=1S/C21H22N2O5/c1-26-17-5-2-14(3-6-17)10-20(24)22-15-11-21(25)23(13-15)16-4-7-18-19(12-16)28-9-8-27-18/h2-7,12,15H,8-11,13H2,1H3,(H,22,24)/t15-/m1/s1. The number of fused-ring (bicyclic) bond motifs is 1. The van der Waals surface area contributed by atoms with Crippen molar-refractivity contribution in [1.82, 2.24) is 5.32 Å². The van der Waals surface area contributed by atoms with Crippen LogP contribution in [-0.2, 0) is 16.0 Å². The summed E-state index contributed by atoms with van der Waals surface area (Å²) in [6, 6.07) is 12.6. The number of nitrogens with zero attached hydrogens (tertiary/aromatic N) is 1. The topological polar surface area (TPSA) is 77.1 Å². The van der Waals surface area contributed by atoms with Gasteiger partial charge in [-0.25, -0.2) is 0 Å². The van der Waals surface area contributed by atoms with Crippen LogP contribution in [0.1, 0.15) is 12.0 Å². The van der Waals surface area contributed by atoms with Crippen LogP contribution in [0.2, 0.25) is 0 Å². The molecule has 1 N–H and O–H groups in total. The number of ether oxygens (including phenoxy) is 3. The highest BCUT2D eigenvalue weighted by atomic mass is 16.6. The highest BCUT2D eigenvalue weighted by Gasteiger charge is 2.32. The van der Waals surface area contributed by atoms with Gasteiger partial charge in [-0.05, 0) is 29.8 Å². The van der Waals surface area contributed by atoms with Gasteiger partial charge in [0.25, 0.3) is 0 Å². The van der Waals surface area contributed by atoms with Gasteiger partial charge in [0.1, 0.15) is 19.0 Å². The van der Waals surface area contributed by atoms with Crippen LogP contribution in [0, 0.1) is 0 Å². The van der Waals surface area contributed by atoms with Gasteiger partial charge < -0.3 is 24.4 Å². The van der Waals surface area contributed by atoms with E-state index in [0.717, 1.165) is 17.0 Å². The minimum absolute atomic E-state index is 0.0218. The Morgan fingerprint density at radius 2 is 1.89 bits per heavy atom. The molecular formula is C21H22N2O5. The minimum atomic E-state index is -0.216. The molecule has 146 valence electrons. The summed E-state index contributed by atoms with van der Waals surface area (Å²) in [6.07, 6.45) is 0.543. The van der Waals surface area contributed by atoms with E-state index in [0.29, 0.717) is 31.3 Å². The molecule has 0 radical (unpaired) electrons. The van der Waals surface area contributed by atoms with Crippen LogP contribution in [0.25, 0.3) is 0 Å². The Kier molecular flexibility index (Phi) is 5.06. The average Bonchev–Trinajstić information content (AvgIpc) is 3.08. The first-order valence-corrected chi connectivity index (χ1v) is 9.24. The zero-order valence-corrected chi connectivity index (χ0v) is 15.6. The lowest BCUT2D eigenvalue weighted by Crippen LogP contribution is -2.38. The molecule has 0 spiro atoms. The number of nitrogens with one attached hydrogen (secondary N) is 1. The zero-order valence-electron chi connectivity index (χ0n) is 15.6. The Morgan fingerprint density at radius 3 is 2.64 bits per heavy atom. The molecule has 2 aliphatic heterocycles. The molecular weight excluding hydrogens is 360 g/mol. The number of rotatable bonds is 5. The van der Waals surface area contributed by atoms with E-state index in [9.17, 15) is 9.59 Å². The van der Waals surface area contributed by atoms with E-state index in [1.54, 1.807) is 12.0 Å². The molecule has 0 aliphatic carbocycles. The van der Waals surface area contributed by atoms with Crippen LogP contribution < -0.4 is 24.4 Å². The molecule has 0 bridgehead atoms. The lowest BCUT2D eigenvalue weighted by atomic mass is 10.1. The third kappa shape index (κ3) is 3.88. The van der Waals surface area contributed by atoms with Crippen molar-refractivity contribution < 1.29 is 23.8 Å². The summed E-state index contributed by atoms with van der Waals surface area (Å²) < 4.78 is 16.2. The van der Waals surface area contributed by atoms with Gasteiger partial charge in [0.2, 0.25) is 11.8 Å². The van der Waals surface area contributed by atoms with Gasteiger partial charge in [-0.1, -0.05) is 12.1 Å². The van der Waals surface area contributed by atoms with Gasteiger partial charge in [-0.2, -0.15) is 0 Å². The van der Waals surface area contributed by atoms with Gasteiger partial charge in [0.05, 0.1) is 19.6 Å². The van der Waals surface area contributed by atoms with E-state index in [-0.39, 0.29) is 30.7 Å². The number of anilines is 1. The molecule has 1 saturated heterocycles. The predicted octanol–water partition coefficient (Wildman–Crippen LogP) is 1.93. The van der Waals surface area contributed by atoms with Crippen molar-refractivity contribution in [3.63, 3.8) is 0 Å². The summed E-state index contributed by atoms with van der Waals surface area (Å²) >= 11 is 0. The quantitative estimate of drug-likeness (QED) is 0.855. The summed E-state index contributed by atoms with van der Waals surface area (Å²) in [4.78, 5) is 26.5. The highest BCUT2D eigenvalue weighted by Crippen LogP contribution is 2.35. The molecule has 2 aliphatic rings. The molecule has 1 atom stereocenters. The second kappa shape index (κ2) is 7.80. The van der Waals surface area contributed by atoms with E-state index in [2.05, 4.69) is 5.32 Å². The van der Waals surface area contributed by atoms with Crippen molar-refractivity contribution in [2.75, 3.05) is 31.8 Å². The van der Waals surface area contributed by atoms with Crippen molar-refractivity contribution >= 4 is 17.5 Å². The first-order chi connectivity index (χ1) is 13.6. The summed E-state index contributed by atoms with van der Waals surface area (Å²) in [7, 11) is 1.60. The first kappa shape index (κ1) is 18.2. The third-order valence-electron chi connectivity index (χ3n) is 4.85. The van der Waals surface area contributed by atoms with E-state index in [1.807, 2.05) is 42.5 Å². The second-order valence-electron chi connectivity index (χ2n) is 6.83. The number of hydrogen-bond donors (Lipinski definition) is 1. The van der Waals surface area contributed by atoms with Crippen LogP contribution in [0.4, 0.5) is 5.69 Å². The van der Waals surface area contributed by atoms with Crippen molar-refractivity contribution in [1.29, 1.82) is 0 Å². The van der Waals surface area contributed by atoms with E-state index < -0.39 is 0 Å². The summed E-state index contributed by atoms with van der Waals surface area (Å²) in [5.74, 6) is 1.95.